The van der Waals surface area contributed by atoms with Crippen LogP contribution in [0.1, 0.15) is 0 Å². The molecule has 8 aromatic carbocycles. The highest BCUT2D eigenvalue weighted by molar-refractivity contribution is 6.10. The van der Waals surface area contributed by atoms with Gasteiger partial charge in [0.1, 0.15) is 0 Å². The Hall–Kier alpha value is -8.48. The molecule has 0 N–H and O–H groups in total. The van der Waals surface area contributed by atoms with Crippen LogP contribution in [0.4, 0.5) is 0 Å². The van der Waals surface area contributed by atoms with Gasteiger partial charge in [0.05, 0.1) is 34.0 Å². The van der Waals surface area contributed by atoms with Crippen molar-refractivity contribution < 1.29 is 0 Å². The highest BCUT2D eigenvalue weighted by Crippen LogP contribution is 2.44. The maximum atomic E-state index is 5.58. The SMILES string of the molecule is c1ccc(-c2cc(-c3ccccc3)c(-c3nc(-c4ccccc4-n4c5ccccc5c5ccncc54)nc(-n4c5ccccc5c5ccccc54)n3)c(-c3ccccc3)c2)cc1. The van der Waals surface area contributed by atoms with Crippen molar-refractivity contribution in [3.05, 3.63) is 219 Å². The summed E-state index contributed by atoms with van der Waals surface area (Å²) in [5, 5.41) is 4.55. The summed E-state index contributed by atoms with van der Waals surface area (Å²) in [7, 11) is 0. The fraction of sp³-hybridized carbons (Fsp3) is 0. The summed E-state index contributed by atoms with van der Waals surface area (Å²) in [5.41, 5.74) is 13.3. The van der Waals surface area contributed by atoms with Gasteiger partial charge >= 0.3 is 0 Å². The van der Waals surface area contributed by atoms with Gasteiger partial charge in [-0.2, -0.15) is 9.97 Å². The van der Waals surface area contributed by atoms with Crippen LogP contribution < -0.4 is 0 Å². The Bertz CT molecular complexity index is 3460. The molecule has 290 valence electrons. The van der Waals surface area contributed by atoms with Crippen LogP contribution in [0, 0.1) is 0 Å². The van der Waals surface area contributed by atoms with Crippen LogP contribution in [0.25, 0.3) is 111 Å². The van der Waals surface area contributed by atoms with Crippen LogP contribution in [0.3, 0.4) is 0 Å². The van der Waals surface area contributed by atoms with Gasteiger partial charge in [-0.05, 0) is 81.9 Å². The number of rotatable bonds is 7. The minimum Gasteiger partial charge on any atom is -0.307 e. The predicted octanol–water partition coefficient (Wildman–Crippen LogP) is 13.8. The molecule has 0 aliphatic rings. The molecule has 12 aromatic rings. The second-order valence-corrected chi connectivity index (χ2v) is 15.5. The van der Waals surface area contributed by atoms with Crippen molar-refractivity contribution in [2.45, 2.75) is 0 Å². The zero-order chi connectivity index (χ0) is 41.0. The summed E-state index contributed by atoms with van der Waals surface area (Å²) < 4.78 is 4.48. The Morgan fingerprint density at radius 1 is 0.323 bits per heavy atom. The van der Waals surface area contributed by atoms with Crippen molar-refractivity contribution in [3.8, 4) is 67.8 Å². The van der Waals surface area contributed by atoms with E-state index in [2.05, 4.69) is 220 Å². The minimum absolute atomic E-state index is 0.534. The average molecular weight is 793 g/mol. The van der Waals surface area contributed by atoms with Crippen molar-refractivity contribution in [1.29, 1.82) is 0 Å². The summed E-state index contributed by atoms with van der Waals surface area (Å²) in [4.78, 5) is 21.2. The first-order chi connectivity index (χ1) is 30.8. The summed E-state index contributed by atoms with van der Waals surface area (Å²) >= 11 is 0. The van der Waals surface area contributed by atoms with E-state index in [1.54, 1.807) is 0 Å². The molecule has 62 heavy (non-hydrogen) atoms. The predicted molar refractivity (Wildman–Crippen MR) is 253 cm³/mol. The average Bonchev–Trinajstić information content (AvgIpc) is 3.87. The van der Waals surface area contributed by atoms with Crippen LogP contribution in [0.15, 0.2) is 219 Å². The summed E-state index contributed by atoms with van der Waals surface area (Å²) in [5.74, 6) is 1.66. The van der Waals surface area contributed by atoms with E-state index in [0.717, 1.165) is 93.8 Å². The maximum absolute atomic E-state index is 5.58. The first-order valence-corrected chi connectivity index (χ1v) is 20.8. The molecule has 4 heterocycles. The molecule has 0 fully saturated rings. The fourth-order valence-electron chi connectivity index (χ4n) is 9.14. The molecule has 0 saturated heterocycles. The number of benzene rings is 8. The fourth-order valence-corrected chi connectivity index (χ4v) is 9.14. The smallest absolute Gasteiger partial charge is 0.238 e. The summed E-state index contributed by atoms with van der Waals surface area (Å²) in [6, 6.07) is 72.3. The quantitative estimate of drug-likeness (QED) is 0.161. The van der Waals surface area contributed by atoms with E-state index >= 15 is 0 Å². The zero-order valence-corrected chi connectivity index (χ0v) is 33.5. The van der Waals surface area contributed by atoms with Crippen LogP contribution in [0.5, 0.6) is 0 Å². The van der Waals surface area contributed by atoms with Crippen molar-refractivity contribution in [2.75, 3.05) is 0 Å². The molecule has 4 aromatic heterocycles. The molecule has 6 nitrogen and oxygen atoms in total. The first-order valence-electron chi connectivity index (χ1n) is 20.8. The lowest BCUT2D eigenvalue weighted by atomic mass is 9.87. The number of aromatic nitrogens is 6. The lowest BCUT2D eigenvalue weighted by Gasteiger charge is -2.20. The highest BCUT2D eigenvalue weighted by Gasteiger charge is 2.25. The monoisotopic (exact) mass is 792 g/mol. The molecule has 12 rings (SSSR count). The van der Waals surface area contributed by atoms with Gasteiger partial charge in [0.15, 0.2) is 11.6 Å². The molecule has 0 spiro atoms. The third-order valence-corrected chi connectivity index (χ3v) is 11.9. The van der Waals surface area contributed by atoms with Crippen molar-refractivity contribution in [2.24, 2.45) is 0 Å². The normalized spacial score (nSPS) is 11.5. The molecule has 6 heteroatoms. The molecule has 0 aliphatic carbocycles. The van der Waals surface area contributed by atoms with E-state index in [9.17, 15) is 0 Å². The van der Waals surface area contributed by atoms with Gasteiger partial charge in [-0.15, -0.1) is 0 Å². The number of fused-ring (bicyclic) bond motifs is 6. The standard InChI is InChI=1S/C56H36N6/c1-4-18-37(19-5-1)40-34-46(38-20-6-2-7-21-38)53(47(35-40)39-22-8-3-9-23-39)55-58-54(59-56(60-55)62-49-29-15-11-24-41(49)42-25-12-16-30-50(42)62)45-27-13-17-31-51(45)61-48-28-14-10-26-43(48)44-32-33-57-36-52(44)61/h1-36H. The van der Waals surface area contributed by atoms with Crippen LogP contribution >= 0.6 is 0 Å². The Balaban J connectivity index is 1.22. The molecule has 0 unspecified atom stereocenters. The molecule has 0 bridgehead atoms. The van der Waals surface area contributed by atoms with E-state index in [0.29, 0.717) is 17.6 Å². The molecule has 0 amide bonds. The van der Waals surface area contributed by atoms with Crippen LogP contribution in [-0.2, 0) is 0 Å². The Morgan fingerprint density at radius 3 is 1.39 bits per heavy atom. The van der Waals surface area contributed by atoms with Gasteiger partial charge in [0.2, 0.25) is 5.95 Å². The van der Waals surface area contributed by atoms with Gasteiger partial charge < -0.3 is 4.57 Å². The van der Waals surface area contributed by atoms with Gasteiger partial charge in [0, 0.05) is 38.9 Å². The third kappa shape index (κ3) is 5.80. The lowest BCUT2D eigenvalue weighted by molar-refractivity contribution is 0.952. The Kier molecular flexibility index (Phi) is 8.38. The van der Waals surface area contributed by atoms with Gasteiger partial charge in [-0.3, -0.25) is 9.55 Å². The number of pyridine rings is 1. The Morgan fingerprint density at radius 2 is 0.790 bits per heavy atom. The summed E-state index contributed by atoms with van der Waals surface area (Å²) in [6.45, 7) is 0. The number of para-hydroxylation sites is 4. The number of hydrogen-bond donors (Lipinski definition) is 0. The minimum atomic E-state index is 0.534. The van der Waals surface area contributed by atoms with E-state index < -0.39 is 0 Å². The molecule has 0 radical (unpaired) electrons. The topological polar surface area (TPSA) is 61.4 Å². The van der Waals surface area contributed by atoms with Crippen molar-refractivity contribution in [1.82, 2.24) is 29.1 Å². The second-order valence-electron chi connectivity index (χ2n) is 15.5. The molecular formula is C56H36N6. The molecule has 0 aliphatic heterocycles. The maximum Gasteiger partial charge on any atom is 0.238 e. The second kappa shape index (κ2) is 14.7. The van der Waals surface area contributed by atoms with Crippen molar-refractivity contribution in [3.63, 3.8) is 0 Å². The molecular weight excluding hydrogens is 757 g/mol. The largest absolute Gasteiger partial charge is 0.307 e. The van der Waals surface area contributed by atoms with Gasteiger partial charge in [0.25, 0.3) is 0 Å². The van der Waals surface area contributed by atoms with Gasteiger partial charge in [-0.25, -0.2) is 4.98 Å². The summed E-state index contributed by atoms with van der Waals surface area (Å²) in [6.07, 6.45) is 3.81. The van der Waals surface area contributed by atoms with Gasteiger partial charge in [-0.1, -0.05) is 158 Å². The van der Waals surface area contributed by atoms with E-state index in [4.69, 9.17) is 15.0 Å². The van der Waals surface area contributed by atoms with E-state index in [1.165, 1.54) is 0 Å². The first kappa shape index (κ1) is 35.5. The third-order valence-electron chi connectivity index (χ3n) is 11.9. The van der Waals surface area contributed by atoms with E-state index in [-0.39, 0.29) is 0 Å². The van der Waals surface area contributed by atoms with Crippen LogP contribution in [0.2, 0.25) is 0 Å². The molecule has 0 saturated carbocycles. The highest BCUT2D eigenvalue weighted by atomic mass is 15.2. The van der Waals surface area contributed by atoms with E-state index in [1.807, 2.05) is 12.4 Å². The molecule has 0 atom stereocenters. The number of hydrogen-bond acceptors (Lipinski definition) is 4. The lowest BCUT2D eigenvalue weighted by Crippen LogP contribution is -2.08. The van der Waals surface area contributed by atoms with Crippen molar-refractivity contribution >= 4 is 43.6 Å². The zero-order valence-electron chi connectivity index (χ0n) is 33.5. The Labute approximate surface area is 357 Å². The number of nitrogens with zero attached hydrogens (tertiary/aromatic N) is 6. The van der Waals surface area contributed by atoms with Crippen LogP contribution in [-0.4, -0.2) is 29.1 Å².